The molecule has 0 bridgehead atoms. The van der Waals surface area contributed by atoms with Gasteiger partial charge in [0.1, 0.15) is 6.54 Å². The summed E-state index contributed by atoms with van der Waals surface area (Å²) in [5.74, 6) is -0.0991. The third-order valence-electron chi connectivity index (χ3n) is 2.57. The molecule has 86 valence electrons. The van der Waals surface area contributed by atoms with Crippen molar-refractivity contribution >= 4 is 11.9 Å². The van der Waals surface area contributed by atoms with E-state index in [1.165, 1.54) is 4.90 Å². The highest BCUT2D eigenvalue weighted by atomic mass is 16.2. The molecule has 1 fully saturated rings. The number of carbonyl (C=O) groups excluding carboxylic acids is 2. The Kier molecular flexibility index (Phi) is 3.68. The molecule has 15 heavy (non-hydrogen) atoms. The zero-order chi connectivity index (χ0) is 11.6. The summed E-state index contributed by atoms with van der Waals surface area (Å²) in [5.41, 5.74) is 0. The number of rotatable bonds is 4. The first-order valence-electron chi connectivity index (χ1n) is 5.26. The third-order valence-corrected chi connectivity index (χ3v) is 2.57. The normalized spacial score (nSPS) is 19.3. The number of amides is 3. The second-order valence-corrected chi connectivity index (χ2v) is 4.17. The van der Waals surface area contributed by atoms with Crippen LogP contribution in [0.3, 0.4) is 0 Å². The Morgan fingerprint density at radius 2 is 1.93 bits per heavy atom. The molecule has 0 saturated carbocycles. The van der Waals surface area contributed by atoms with Crippen molar-refractivity contribution in [1.29, 1.82) is 0 Å². The Hall–Kier alpha value is -1.10. The molecule has 1 heterocycles. The van der Waals surface area contributed by atoms with Crippen LogP contribution in [0.5, 0.6) is 0 Å². The molecule has 0 aliphatic carbocycles. The number of urea groups is 1. The topological polar surface area (TPSA) is 52.7 Å². The van der Waals surface area contributed by atoms with E-state index in [-0.39, 0.29) is 30.6 Å². The second kappa shape index (κ2) is 4.61. The number of carbonyl (C=O) groups is 2. The summed E-state index contributed by atoms with van der Waals surface area (Å²) in [5, 5.41) is 3.00. The Morgan fingerprint density at radius 3 is 2.33 bits per heavy atom. The molecule has 0 aromatic heterocycles. The number of hydrogen-bond donors (Lipinski definition) is 1. The second-order valence-electron chi connectivity index (χ2n) is 4.17. The van der Waals surface area contributed by atoms with Crippen LogP contribution in [0.25, 0.3) is 0 Å². The minimum Gasteiger partial charge on any atom is -0.318 e. The predicted molar refractivity (Wildman–Crippen MR) is 57.5 cm³/mol. The van der Waals surface area contributed by atoms with Crippen molar-refractivity contribution in [2.45, 2.75) is 32.9 Å². The van der Waals surface area contributed by atoms with Gasteiger partial charge in [-0.1, -0.05) is 0 Å². The molecule has 1 saturated heterocycles. The van der Waals surface area contributed by atoms with Crippen LogP contribution in [0.1, 0.15) is 20.8 Å². The molecule has 1 aliphatic heterocycles. The molecular formula is C10H19N3O2. The summed E-state index contributed by atoms with van der Waals surface area (Å²) >= 11 is 0. The van der Waals surface area contributed by atoms with E-state index in [4.69, 9.17) is 0 Å². The summed E-state index contributed by atoms with van der Waals surface area (Å²) in [7, 11) is 1.83. The van der Waals surface area contributed by atoms with E-state index in [0.717, 1.165) is 0 Å². The van der Waals surface area contributed by atoms with Gasteiger partial charge in [-0.25, -0.2) is 4.79 Å². The first kappa shape index (κ1) is 12.0. The molecule has 1 aliphatic rings. The minimum absolute atomic E-state index is 0.0511. The fraction of sp³-hybridized carbons (Fsp3) is 0.800. The summed E-state index contributed by atoms with van der Waals surface area (Å²) in [4.78, 5) is 26.4. The lowest BCUT2D eigenvalue weighted by atomic mass is 10.3. The monoisotopic (exact) mass is 213 g/mol. The van der Waals surface area contributed by atoms with Crippen LogP contribution in [-0.4, -0.2) is 54.0 Å². The molecule has 5 nitrogen and oxygen atoms in total. The van der Waals surface area contributed by atoms with E-state index < -0.39 is 0 Å². The van der Waals surface area contributed by atoms with Gasteiger partial charge in [-0.15, -0.1) is 0 Å². The first-order valence-corrected chi connectivity index (χ1v) is 5.26. The van der Waals surface area contributed by atoms with Gasteiger partial charge in [-0.2, -0.15) is 0 Å². The van der Waals surface area contributed by atoms with Gasteiger partial charge in [0.2, 0.25) is 0 Å². The maximum absolute atomic E-state index is 11.9. The van der Waals surface area contributed by atoms with Crippen LogP contribution in [0.15, 0.2) is 0 Å². The summed E-state index contributed by atoms with van der Waals surface area (Å²) in [6.07, 6.45) is 0. The number of hydrogen-bond acceptors (Lipinski definition) is 3. The van der Waals surface area contributed by atoms with Crippen molar-refractivity contribution in [3.63, 3.8) is 0 Å². The Labute approximate surface area is 90.4 Å². The average Bonchev–Trinajstić information content (AvgIpc) is 2.42. The lowest BCUT2D eigenvalue weighted by Crippen LogP contribution is -2.43. The van der Waals surface area contributed by atoms with Crippen molar-refractivity contribution in [3.05, 3.63) is 0 Å². The van der Waals surface area contributed by atoms with Crippen LogP contribution >= 0.6 is 0 Å². The average molecular weight is 213 g/mol. The van der Waals surface area contributed by atoms with Gasteiger partial charge in [0.15, 0.2) is 0 Å². The van der Waals surface area contributed by atoms with Crippen LogP contribution in [-0.2, 0) is 4.79 Å². The van der Waals surface area contributed by atoms with E-state index in [0.29, 0.717) is 6.54 Å². The highest BCUT2D eigenvalue weighted by Gasteiger charge is 2.39. The zero-order valence-electron chi connectivity index (χ0n) is 9.78. The highest BCUT2D eigenvalue weighted by Crippen LogP contribution is 2.16. The Balaban J connectivity index is 2.73. The summed E-state index contributed by atoms with van der Waals surface area (Å²) < 4.78 is 0. The first-order chi connectivity index (χ1) is 6.99. The van der Waals surface area contributed by atoms with Gasteiger partial charge in [-0.05, 0) is 27.8 Å². The van der Waals surface area contributed by atoms with Gasteiger partial charge in [0.25, 0.3) is 5.91 Å². The summed E-state index contributed by atoms with van der Waals surface area (Å²) in [6, 6.07) is -0.176. The van der Waals surface area contributed by atoms with Gasteiger partial charge in [-0.3, -0.25) is 9.69 Å². The van der Waals surface area contributed by atoms with Crippen molar-refractivity contribution in [3.8, 4) is 0 Å². The largest absolute Gasteiger partial charge is 0.327 e. The van der Waals surface area contributed by atoms with Gasteiger partial charge >= 0.3 is 6.03 Å². The minimum atomic E-state index is -0.169. The molecule has 5 heteroatoms. The fourth-order valence-corrected chi connectivity index (χ4v) is 1.79. The molecule has 1 N–H and O–H groups in total. The maximum Gasteiger partial charge on any atom is 0.327 e. The zero-order valence-corrected chi connectivity index (χ0v) is 9.78. The number of nitrogens with zero attached hydrogens (tertiary/aromatic N) is 2. The standard InChI is InChI=1S/C10H19N3O2/c1-7(2)13-9(14)6-12(10(13)15)8(3)5-11-4/h7-8,11H,5-6H2,1-4H3. The van der Waals surface area contributed by atoms with E-state index in [1.54, 1.807) is 4.90 Å². The van der Waals surface area contributed by atoms with Crippen molar-refractivity contribution < 1.29 is 9.59 Å². The molecular weight excluding hydrogens is 194 g/mol. The van der Waals surface area contributed by atoms with Crippen LogP contribution in [0, 0.1) is 0 Å². The lowest BCUT2D eigenvalue weighted by molar-refractivity contribution is -0.126. The molecule has 1 atom stereocenters. The molecule has 1 unspecified atom stereocenters. The maximum atomic E-state index is 11.9. The SMILES string of the molecule is CNCC(C)N1CC(=O)N(C(C)C)C1=O. The fourth-order valence-electron chi connectivity index (χ4n) is 1.79. The molecule has 0 aromatic rings. The third kappa shape index (κ3) is 2.28. The van der Waals surface area contributed by atoms with E-state index >= 15 is 0 Å². The molecule has 0 spiro atoms. The highest BCUT2D eigenvalue weighted by molar-refractivity contribution is 6.02. The van der Waals surface area contributed by atoms with Crippen molar-refractivity contribution in [1.82, 2.24) is 15.1 Å². The van der Waals surface area contributed by atoms with E-state index in [2.05, 4.69) is 5.32 Å². The van der Waals surface area contributed by atoms with E-state index in [1.807, 2.05) is 27.8 Å². The quantitative estimate of drug-likeness (QED) is 0.682. The van der Waals surface area contributed by atoms with Crippen LogP contribution in [0.4, 0.5) is 4.79 Å². The van der Waals surface area contributed by atoms with Gasteiger partial charge in [0, 0.05) is 18.6 Å². The number of likely N-dealkylation sites (N-methyl/N-ethyl adjacent to an activating group) is 1. The van der Waals surface area contributed by atoms with Gasteiger partial charge < -0.3 is 10.2 Å². The Morgan fingerprint density at radius 1 is 1.33 bits per heavy atom. The Bertz CT molecular complexity index is 265. The van der Waals surface area contributed by atoms with Crippen LogP contribution in [0.2, 0.25) is 0 Å². The van der Waals surface area contributed by atoms with Gasteiger partial charge in [0.05, 0.1) is 0 Å². The lowest BCUT2D eigenvalue weighted by Gasteiger charge is -2.24. The molecule has 0 aromatic carbocycles. The van der Waals surface area contributed by atoms with Crippen LogP contribution < -0.4 is 5.32 Å². The van der Waals surface area contributed by atoms with Crippen molar-refractivity contribution in [2.24, 2.45) is 0 Å². The number of imide groups is 1. The predicted octanol–water partition coefficient (Wildman–Crippen LogP) is 0.267. The van der Waals surface area contributed by atoms with Crippen molar-refractivity contribution in [2.75, 3.05) is 20.1 Å². The molecule has 1 rings (SSSR count). The molecule has 0 radical (unpaired) electrons. The van der Waals surface area contributed by atoms with E-state index in [9.17, 15) is 9.59 Å². The number of nitrogens with one attached hydrogen (secondary N) is 1. The smallest absolute Gasteiger partial charge is 0.318 e. The molecule has 3 amide bonds. The summed E-state index contributed by atoms with van der Waals surface area (Å²) in [6.45, 7) is 6.54.